The lowest BCUT2D eigenvalue weighted by Gasteiger charge is -2.32. The molecule has 2 heterocycles. The first-order valence-corrected chi connectivity index (χ1v) is 14.0. The normalized spacial score (nSPS) is 13.8. The Morgan fingerprint density at radius 3 is 2.45 bits per heavy atom. The zero-order chi connectivity index (χ0) is 28.8. The van der Waals surface area contributed by atoms with Gasteiger partial charge in [-0.1, -0.05) is 44.2 Å². The second kappa shape index (κ2) is 12.9. The Balaban J connectivity index is 1.34. The molecular weight excluding hydrogens is 532 g/mol. The lowest BCUT2D eigenvalue weighted by atomic mass is 9.98. The van der Waals surface area contributed by atoms with E-state index in [4.69, 9.17) is 14.6 Å². The third-order valence-electron chi connectivity index (χ3n) is 6.93. The summed E-state index contributed by atoms with van der Waals surface area (Å²) >= 11 is 1.04. The molecule has 2 aromatic carbocycles. The van der Waals surface area contributed by atoms with Crippen LogP contribution in [0.15, 0.2) is 48.5 Å². The zero-order valence-corrected chi connectivity index (χ0v) is 23.6. The smallest absolute Gasteiger partial charge is 0.349 e. The molecule has 10 heteroatoms. The van der Waals surface area contributed by atoms with E-state index in [0.29, 0.717) is 47.7 Å². The molecule has 0 atom stereocenters. The summed E-state index contributed by atoms with van der Waals surface area (Å²) in [6, 6.07) is 15.2. The van der Waals surface area contributed by atoms with Crippen molar-refractivity contribution in [3.05, 3.63) is 64.5 Å². The number of carboxylic acids is 2. The summed E-state index contributed by atoms with van der Waals surface area (Å²) in [5, 5.41) is 21.6. The first kappa shape index (κ1) is 28.9. The molecule has 1 aliphatic rings. The summed E-state index contributed by atoms with van der Waals surface area (Å²) in [7, 11) is 0. The van der Waals surface area contributed by atoms with Crippen molar-refractivity contribution in [2.75, 3.05) is 31.6 Å². The number of ether oxygens (including phenoxy) is 2. The number of thiophene rings is 1. The third kappa shape index (κ3) is 6.93. The van der Waals surface area contributed by atoms with Crippen LogP contribution in [0.4, 0.5) is 10.5 Å². The van der Waals surface area contributed by atoms with Crippen LogP contribution in [-0.2, 0) is 4.79 Å². The fraction of sp³-hybridized carbons (Fsp3) is 0.367. The van der Waals surface area contributed by atoms with Crippen molar-refractivity contribution in [1.29, 1.82) is 0 Å². The van der Waals surface area contributed by atoms with E-state index in [1.165, 1.54) is 0 Å². The number of rotatable bonds is 10. The molecule has 0 aliphatic carbocycles. The molecule has 9 nitrogen and oxygen atoms in total. The zero-order valence-electron chi connectivity index (χ0n) is 22.8. The van der Waals surface area contributed by atoms with Gasteiger partial charge in [0.05, 0.1) is 6.61 Å². The van der Waals surface area contributed by atoms with Gasteiger partial charge in [-0.3, -0.25) is 0 Å². The molecule has 1 aliphatic heterocycles. The highest BCUT2D eigenvalue weighted by Crippen LogP contribution is 2.42. The molecule has 0 saturated carbocycles. The summed E-state index contributed by atoms with van der Waals surface area (Å²) in [4.78, 5) is 38.0. The third-order valence-corrected chi connectivity index (χ3v) is 8.24. The summed E-state index contributed by atoms with van der Waals surface area (Å²) < 4.78 is 11.4. The Hall–Kier alpha value is -4.05. The van der Waals surface area contributed by atoms with Crippen molar-refractivity contribution in [1.82, 2.24) is 4.90 Å². The van der Waals surface area contributed by atoms with Gasteiger partial charge in [-0.2, -0.15) is 0 Å². The maximum absolute atomic E-state index is 12.9. The number of aromatic carboxylic acids is 1. The highest BCUT2D eigenvalue weighted by atomic mass is 32.1. The summed E-state index contributed by atoms with van der Waals surface area (Å²) in [5.74, 6) is -1.01. The Morgan fingerprint density at radius 1 is 1.05 bits per heavy atom. The molecule has 3 aromatic rings. The minimum atomic E-state index is -1.18. The van der Waals surface area contributed by atoms with E-state index in [2.05, 4.69) is 19.2 Å². The number of carbonyl (C=O) groups excluding carboxylic acids is 1. The van der Waals surface area contributed by atoms with Crippen molar-refractivity contribution in [3.8, 4) is 21.9 Å². The molecule has 1 fully saturated rings. The van der Waals surface area contributed by atoms with Crippen molar-refractivity contribution >= 4 is 35.0 Å². The van der Waals surface area contributed by atoms with Crippen LogP contribution >= 0.6 is 11.3 Å². The first-order valence-electron chi connectivity index (χ1n) is 13.2. The molecule has 0 unspecified atom stereocenters. The molecular formula is C30H34N2O7S. The maximum Gasteiger partial charge on any atom is 0.349 e. The van der Waals surface area contributed by atoms with E-state index in [9.17, 15) is 19.5 Å². The Bertz CT molecular complexity index is 1380. The molecule has 4 rings (SSSR count). The molecule has 1 aromatic heterocycles. The Kier molecular flexibility index (Phi) is 9.31. The van der Waals surface area contributed by atoms with E-state index < -0.39 is 18.5 Å². The number of aliphatic carboxylic acids is 1. The molecule has 0 radical (unpaired) electrons. The van der Waals surface area contributed by atoms with Crippen molar-refractivity contribution in [2.45, 2.75) is 39.5 Å². The van der Waals surface area contributed by atoms with Crippen LogP contribution in [0.5, 0.6) is 11.5 Å². The number of nitrogens with one attached hydrogen (secondary N) is 1. The van der Waals surface area contributed by atoms with E-state index in [0.717, 1.165) is 41.0 Å². The predicted molar refractivity (Wildman–Crippen MR) is 154 cm³/mol. The van der Waals surface area contributed by atoms with E-state index >= 15 is 0 Å². The number of para-hydroxylation sites is 1. The minimum absolute atomic E-state index is 0.0384. The second-order valence-corrected chi connectivity index (χ2v) is 11.2. The van der Waals surface area contributed by atoms with Crippen molar-refractivity contribution < 1.29 is 34.1 Å². The van der Waals surface area contributed by atoms with Gasteiger partial charge < -0.3 is 29.9 Å². The molecule has 0 bridgehead atoms. The number of likely N-dealkylation sites (tertiary alicyclic amines) is 1. The largest absolute Gasteiger partial charge is 0.493 e. The maximum atomic E-state index is 12.9. The first-order chi connectivity index (χ1) is 19.1. The molecule has 0 spiro atoms. The van der Waals surface area contributed by atoms with Gasteiger partial charge in [0.25, 0.3) is 0 Å². The Labute approximate surface area is 237 Å². The van der Waals surface area contributed by atoms with Crippen LogP contribution in [0.1, 0.15) is 53.4 Å². The van der Waals surface area contributed by atoms with Gasteiger partial charge in [-0.25, -0.2) is 14.4 Å². The van der Waals surface area contributed by atoms with Gasteiger partial charge in [-0.05, 0) is 60.9 Å². The molecule has 40 heavy (non-hydrogen) atoms. The highest BCUT2D eigenvalue weighted by molar-refractivity contribution is 7.18. The van der Waals surface area contributed by atoms with Gasteiger partial charge in [0.1, 0.15) is 11.5 Å². The minimum Gasteiger partial charge on any atom is -0.493 e. The number of carbonyl (C=O) groups is 3. The van der Waals surface area contributed by atoms with E-state index in [-0.39, 0.29) is 16.7 Å². The monoisotopic (exact) mass is 566 g/mol. The van der Waals surface area contributed by atoms with Gasteiger partial charge in [0.15, 0.2) is 11.5 Å². The van der Waals surface area contributed by atoms with Crippen LogP contribution in [0.3, 0.4) is 0 Å². The number of hydrogen-bond donors (Lipinski definition) is 3. The number of amides is 2. The van der Waals surface area contributed by atoms with Crippen molar-refractivity contribution in [3.63, 3.8) is 0 Å². The summed E-state index contributed by atoms with van der Waals surface area (Å²) in [6.45, 7) is 7.11. The molecule has 212 valence electrons. The molecule has 3 N–H and O–H groups in total. The molecule has 2 amide bonds. The number of urea groups is 1. The number of nitrogens with zero attached hydrogens (tertiary/aromatic N) is 1. The summed E-state index contributed by atoms with van der Waals surface area (Å²) in [5.41, 5.74) is 3.30. The van der Waals surface area contributed by atoms with Gasteiger partial charge in [0.2, 0.25) is 0 Å². The van der Waals surface area contributed by atoms with Crippen molar-refractivity contribution in [2.24, 2.45) is 5.92 Å². The number of piperidine rings is 1. The highest BCUT2D eigenvalue weighted by Gasteiger charge is 2.25. The predicted octanol–water partition coefficient (Wildman–Crippen LogP) is 6.33. The topological polar surface area (TPSA) is 125 Å². The lowest BCUT2D eigenvalue weighted by molar-refractivity contribution is -0.139. The van der Waals surface area contributed by atoms with E-state index in [1.54, 1.807) is 6.92 Å². The van der Waals surface area contributed by atoms with Crippen LogP contribution in [0.25, 0.3) is 10.4 Å². The van der Waals surface area contributed by atoms with Gasteiger partial charge >= 0.3 is 18.0 Å². The second-order valence-electron chi connectivity index (χ2n) is 10.1. The van der Waals surface area contributed by atoms with Crippen LogP contribution in [0.2, 0.25) is 0 Å². The van der Waals surface area contributed by atoms with Gasteiger partial charge in [0, 0.05) is 29.2 Å². The molecule has 1 saturated heterocycles. The summed E-state index contributed by atoms with van der Waals surface area (Å²) in [6.07, 6.45) is 1.66. The van der Waals surface area contributed by atoms with Crippen LogP contribution < -0.4 is 14.8 Å². The number of benzene rings is 2. The van der Waals surface area contributed by atoms with E-state index in [1.807, 2.05) is 53.4 Å². The average Bonchev–Trinajstić information content (AvgIpc) is 3.27. The fourth-order valence-electron chi connectivity index (χ4n) is 4.77. The van der Waals surface area contributed by atoms with Crippen LogP contribution in [0, 0.1) is 12.8 Å². The standard InChI is InChI=1S/C30H34N2O7S/c1-18(2)23-9-4-5-10-24(23)31-30(37)32-13-11-20(12-14-32)16-38-22-8-6-7-21(15-22)27-19(3)26(39-17-25(33)34)28(40-27)29(35)36/h4-10,15,18,20H,11-14,16-17H2,1-3H3,(H,31,37)(H,33,34)(H,35,36). The quantitative estimate of drug-likeness (QED) is 0.262. The lowest BCUT2D eigenvalue weighted by Crippen LogP contribution is -2.42. The number of hydrogen-bond acceptors (Lipinski definition) is 6. The Morgan fingerprint density at radius 2 is 1.77 bits per heavy atom. The fourth-order valence-corrected chi connectivity index (χ4v) is 5.86. The number of carboxylic acid groups (broad SMARTS) is 2. The number of anilines is 1. The van der Waals surface area contributed by atoms with Gasteiger partial charge in [-0.15, -0.1) is 11.3 Å². The van der Waals surface area contributed by atoms with Crippen LogP contribution in [-0.4, -0.2) is 59.4 Å². The average molecular weight is 567 g/mol. The SMILES string of the molecule is Cc1c(-c2cccc(OCC3CCN(C(=O)Nc4ccccc4C(C)C)CC3)c2)sc(C(=O)O)c1OCC(=O)O.